The molecule has 0 aromatic heterocycles. The molecule has 0 fully saturated rings. The van der Waals surface area contributed by atoms with E-state index in [9.17, 15) is 0 Å². The molecule has 0 spiro atoms. The molecule has 0 radical (unpaired) electrons. The summed E-state index contributed by atoms with van der Waals surface area (Å²) in [6.07, 6.45) is 0. The first-order valence-electron chi connectivity index (χ1n) is 3.03. The van der Waals surface area contributed by atoms with E-state index in [1.54, 1.807) is 0 Å². The zero-order valence-corrected chi connectivity index (χ0v) is 28.6. The summed E-state index contributed by atoms with van der Waals surface area (Å²) in [4.78, 5) is 94.4. The van der Waals surface area contributed by atoms with Gasteiger partial charge in [0.15, 0.2) is 0 Å². The standard InChI is InChI=1S/4K.4H3O4P/c;;;;4*1-5(2,3)4/h;;;;4*(H3,1,2,3,4)/q4*+1;;;;/p-4. The second kappa shape index (κ2) is 26.2. The van der Waals surface area contributed by atoms with Gasteiger partial charge in [0.25, 0.3) is 23.5 Å². The smallest absolute Gasteiger partial charge is 0.822 e. The average Bonchev–Trinajstić information content (AvgIpc) is 1.62. The minimum absolute atomic E-state index is 0. The number of hydrogen-bond donors (Lipinski definition) is 6. The van der Waals surface area contributed by atoms with E-state index < -0.39 is 31.3 Å². The maximum absolute atomic E-state index is 8.77. The molecule has 0 unspecified atom stereocenters. The summed E-state index contributed by atoms with van der Waals surface area (Å²) in [7, 11) is -20.1. The summed E-state index contributed by atoms with van der Waals surface area (Å²) >= 11 is 0. The van der Waals surface area contributed by atoms with Crippen molar-refractivity contribution in [3.63, 3.8) is 0 Å². The van der Waals surface area contributed by atoms with E-state index in [4.69, 9.17) is 77.0 Å². The van der Waals surface area contributed by atoms with Crippen molar-refractivity contribution in [3.8, 4) is 0 Å². The molecule has 0 saturated heterocycles. The summed E-state index contributed by atoms with van der Waals surface area (Å²) < 4.78 is 34.9. The van der Waals surface area contributed by atoms with E-state index >= 15 is 0 Å². The van der Waals surface area contributed by atoms with E-state index in [-0.39, 0.29) is 208 Å². The fourth-order valence-corrected chi connectivity index (χ4v) is 0. The molecule has 0 heterocycles. The van der Waals surface area contributed by atoms with Gasteiger partial charge in [0.2, 0.25) is 0 Å². The van der Waals surface area contributed by atoms with E-state index in [0.29, 0.717) is 0 Å². The van der Waals surface area contributed by atoms with Crippen molar-refractivity contribution in [1.82, 2.24) is 0 Å². The van der Waals surface area contributed by atoms with Crippen molar-refractivity contribution in [2.24, 2.45) is 0 Å². The molecule has 0 aliphatic heterocycles. The molecule has 0 rings (SSSR count). The van der Waals surface area contributed by atoms with Gasteiger partial charge in [-0.15, -0.1) is 0 Å². The summed E-state index contributed by atoms with van der Waals surface area (Å²) in [6.45, 7) is 0. The van der Waals surface area contributed by atoms with Gasteiger partial charge in [0, 0.05) is 0 Å². The van der Waals surface area contributed by atoms with Crippen LogP contribution in [-0.2, 0) is 18.3 Å². The molecule has 128 valence electrons. The van der Waals surface area contributed by atoms with Crippen LogP contribution in [0.15, 0.2) is 0 Å². The Kier molecular flexibility index (Phi) is 57.7. The van der Waals surface area contributed by atoms with E-state index in [0.717, 1.165) is 0 Å². The average molecular weight is 544 g/mol. The molecule has 24 heavy (non-hydrogen) atoms. The Morgan fingerprint density at radius 2 is 0.458 bits per heavy atom. The van der Waals surface area contributed by atoms with Gasteiger partial charge >= 0.3 is 208 Å². The first kappa shape index (κ1) is 52.7. The normalized spacial score (nSPS) is 9.83. The third-order valence-electron chi connectivity index (χ3n) is 0. The molecule has 0 bridgehead atoms. The van der Waals surface area contributed by atoms with Crippen LogP contribution in [0.2, 0.25) is 0 Å². The molecule has 0 atom stereocenters. The Labute approximate surface area is 308 Å². The van der Waals surface area contributed by atoms with Gasteiger partial charge in [-0.3, -0.25) is 13.7 Å². The van der Waals surface area contributed by atoms with Crippen LogP contribution in [0.1, 0.15) is 2.85 Å². The van der Waals surface area contributed by atoms with Crippen LogP contribution in [-0.4, -0.2) is 29.4 Å². The number of phosphoric acid groups is 4. The van der Waals surface area contributed by atoms with Gasteiger partial charge < -0.3 is 63.3 Å². The van der Waals surface area contributed by atoms with Crippen molar-refractivity contribution >= 4 is 31.3 Å². The van der Waals surface area contributed by atoms with E-state index in [1.807, 2.05) is 0 Å². The second-order valence-corrected chi connectivity index (χ2v) is 5.76. The molecule has 24 heteroatoms. The largest absolute Gasteiger partial charge is 1.00 e. The second-order valence-electron chi connectivity index (χ2n) is 1.92. The van der Waals surface area contributed by atoms with Crippen molar-refractivity contribution in [1.29, 1.82) is 0 Å². The van der Waals surface area contributed by atoms with Crippen LogP contribution in [0, 0.1) is 0 Å². The van der Waals surface area contributed by atoms with Crippen LogP contribution in [0.25, 0.3) is 0 Å². The molecule has 16 nitrogen and oxygen atoms in total. The minimum atomic E-state index is -5.39. The van der Waals surface area contributed by atoms with Gasteiger partial charge in [0.05, 0.1) is 0 Å². The Morgan fingerprint density at radius 3 is 0.458 bits per heavy atom. The molecule has 0 amide bonds. The van der Waals surface area contributed by atoms with E-state index in [1.165, 1.54) is 0 Å². The predicted molar refractivity (Wildman–Crippen MR) is 46.0 cm³/mol. The third-order valence-corrected chi connectivity index (χ3v) is 0. The molecule has 0 aliphatic carbocycles. The van der Waals surface area contributed by atoms with Crippen molar-refractivity contribution in [2.45, 2.75) is 0 Å². The summed E-state index contributed by atoms with van der Waals surface area (Å²) in [5.74, 6) is 0. The van der Waals surface area contributed by atoms with Crippen molar-refractivity contribution in [3.05, 3.63) is 0 Å². The summed E-state index contributed by atoms with van der Waals surface area (Å²) in [6, 6.07) is 0. The molecular formula is H8K4O16P4. The van der Waals surface area contributed by atoms with Crippen molar-refractivity contribution < 1.29 is 285 Å². The predicted octanol–water partition coefficient (Wildman–Crippen LogP) is -19.3. The summed E-state index contributed by atoms with van der Waals surface area (Å²) in [5, 5.41) is 0. The first-order valence-corrected chi connectivity index (χ1v) is 9.08. The summed E-state index contributed by atoms with van der Waals surface area (Å²) in [5.41, 5.74) is 0. The first-order chi connectivity index (χ1) is 8.00. The van der Waals surface area contributed by atoms with Crippen molar-refractivity contribution in [2.75, 3.05) is 0 Å². The fraction of sp³-hybridized carbons (Fsp3) is 0. The third kappa shape index (κ3) is 465. The van der Waals surface area contributed by atoms with Crippen LogP contribution in [0.5, 0.6) is 0 Å². The van der Waals surface area contributed by atoms with Gasteiger partial charge in [0.1, 0.15) is 0 Å². The topological polar surface area (TPSA) is 328 Å². The number of rotatable bonds is 0. The van der Waals surface area contributed by atoms with Gasteiger partial charge in [-0.25, -0.2) is 0 Å². The number of hydrogen-bond acceptors (Lipinski definition) is 10. The Hall–Kier alpha value is 6.99. The van der Waals surface area contributed by atoms with Crippen LogP contribution in [0.3, 0.4) is 0 Å². The molecular weight excluding hydrogens is 536 g/mol. The van der Waals surface area contributed by atoms with Gasteiger partial charge in [-0.2, -0.15) is 7.82 Å². The maximum atomic E-state index is 8.77. The van der Waals surface area contributed by atoms with Gasteiger partial charge in [-0.1, -0.05) is 0 Å². The molecule has 0 saturated carbocycles. The minimum Gasteiger partial charge on any atom is -0.822 e. The zero-order valence-electron chi connectivity index (χ0n) is 14.6. The monoisotopic (exact) mass is 544 g/mol. The quantitative estimate of drug-likeness (QED) is 0.122. The molecule has 0 aliphatic rings. The molecule has 6 N–H and O–H groups in total. The molecule has 0 aromatic carbocycles. The zero-order chi connectivity index (χ0) is 18.0. The maximum Gasteiger partial charge on any atom is 1.00 e. The van der Waals surface area contributed by atoms with Crippen LogP contribution in [0.4, 0.5) is 0 Å². The Bertz CT molecular complexity index is 305. The van der Waals surface area contributed by atoms with Gasteiger partial charge in [-0.05, 0) is 0 Å². The van der Waals surface area contributed by atoms with Crippen LogP contribution >= 0.6 is 31.3 Å². The molecule has 0 aromatic rings. The van der Waals surface area contributed by atoms with Crippen LogP contribution < -0.4 is 235 Å². The Morgan fingerprint density at radius 1 is 0.458 bits per heavy atom. The SMILES string of the molecule is O=P([O-])(O)O.O=P([O-])(O)O.O=P([O-])(O)O.O=P([O-])([O-])[O-].[H+].[H+].[K+].[K+].[K+].[K+]. The fourth-order valence-electron chi connectivity index (χ4n) is 0. The Balaban J connectivity index is -0.0000000152. The van der Waals surface area contributed by atoms with E-state index in [2.05, 4.69) is 0 Å².